The number of nitrogens with zero attached hydrogens (tertiary/aromatic N) is 2. The van der Waals surface area contributed by atoms with E-state index in [1.807, 2.05) is 39.8 Å². The van der Waals surface area contributed by atoms with E-state index in [1.54, 1.807) is 6.07 Å². The molecule has 2 atom stereocenters. The molecular weight excluding hydrogens is 436 g/mol. The smallest absolute Gasteiger partial charge is 0.269 e. The Kier molecular flexibility index (Phi) is 5.46. The number of hydrazone groups is 1. The van der Waals surface area contributed by atoms with Crippen LogP contribution in [0.5, 0.6) is 5.75 Å². The number of carbonyl (C=O) groups excluding carboxylic acids is 2. The minimum absolute atomic E-state index is 0.0375. The number of nitrogens with one attached hydrogen (secondary N) is 2. The van der Waals surface area contributed by atoms with Crippen molar-refractivity contribution in [3.05, 3.63) is 58.1 Å². The van der Waals surface area contributed by atoms with Crippen molar-refractivity contribution in [3.8, 4) is 5.75 Å². The van der Waals surface area contributed by atoms with E-state index in [0.717, 1.165) is 5.56 Å². The first-order chi connectivity index (χ1) is 16.0. The normalized spacial score (nSPS) is 25.9. The Labute approximate surface area is 197 Å². The van der Waals surface area contributed by atoms with E-state index in [0.29, 0.717) is 35.7 Å². The van der Waals surface area contributed by atoms with Gasteiger partial charge in [0.15, 0.2) is 5.78 Å². The van der Waals surface area contributed by atoms with Crippen LogP contribution in [-0.4, -0.2) is 29.4 Å². The Morgan fingerprint density at radius 2 is 1.79 bits per heavy atom. The molecule has 34 heavy (non-hydrogen) atoms. The summed E-state index contributed by atoms with van der Waals surface area (Å²) in [6.45, 7) is 7.77. The SMILES string of the molecule is COc1ccc(C)cc1NC(=O)C12CCC(C)(/C(=N/Nc3ccc([N+](=O)[O-])cc3)C1=O)C2(C)C. The van der Waals surface area contributed by atoms with Crippen molar-refractivity contribution in [3.63, 3.8) is 0 Å². The summed E-state index contributed by atoms with van der Waals surface area (Å²) in [5.41, 5.74) is 2.54. The molecule has 0 heterocycles. The zero-order valence-corrected chi connectivity index (χ0v) is 19.9. The van der Waals surface area contributed by atoms with Crippen LogP contribution >= 0.6 is 0 Å². The summed E-state index contributed by atoms with van der Waals surface area (Å²) in [6, 6.07) is 11.3. The first kappa shape index (κ1) is 23.4. The van der Waals surface area contributed by atoms with Gasteiger partial charge >= 0.3 is 0 Å². The number of ketones is 1. The van der Waals surface area contributed by atoms with E-state index < -0.39 is 21.2 Å². The highest BCUT2D eigenvalue weighted by molar-refractivity contribution is 6.51. The Bertz CT molecular complexity index is 1220. The molecule has 4 rings (SSSR count). The summed E-state index contributed by atoms with van der Waals surface area (Å²) in [7, 11) is 1.53. The van der Waals surface area contributed by atoms with Crippen LogP contribution in [0.1, 0.15) is 39.2 Å². The molecule has 9 heteroatoms. The highest BCUT2D eigenvalue weighted by Gasteiger charge is 2.76. The molecular formula is C25H28N4O5. The molecule has 2 aromatic rings. The molecule has 0 spiro atoms. The maximum absolute atomic E-state index is 13.8. The standard InChI is InChI=1S/C25H28N4O5/c1-15-6-11-19(34-5)18(14-15)26-22(31)25-13-12-24(4,23(25,2)3)20(21(25)30)28-27-16-7-9-17(10-8-16)29(32)33/h6-11,14,27H,12-13H2,1-5H3,(H,26,31)/b28-20+. The predicted octanol–water partition coefficient (Wildman–Crippen LogP) is 4.71. The number of hydrogen-bond donors (Lipinski definition) is 2. The summed E-state index contributed by atoms with van der Waals surface area (Å²) in [4.78, 5) is 37.9. The number of methoxy groups -OCH3 is 1. The van der Waals surface area contributed by atoms with Gasteiger partial charge in [-0.05, 0) is 55.0 Å². The largest absolute Gasteiger partial charge is 0.495 e. The number of benzene rings is 2. The molecule has 2 fully saturated rings. The first-order valence-corrected chi connectivity index (χ1v) is 11.1. The first-order valence-electron chi connectivity index (χ1n) is 11.1. The van der Waals surface area contributed by atoms with Crippen LogP contribution in [0.3, 0.4) is 0 Å². The molecule has 2 aliphatic carbocycles. The Hall–Kier alpha value is -3.75. The van der Waals surface area contributed by atoms with Crippen LogP contribution in [0.25, 0.3) is 0 Å². The fourth-order valence-electron chi connectivity index (χ4n) is 5.40. The van der Waals surface area contributed by atoms with Gasteiger partial charge in [-0.3, -0.25) is 25.1 Å². The number of rotatable bonds is 6. The molecule has 2 N–H and O–H groups in total. The van der Waals surface area contributed by atoms with Crippen LogP contribution < -0.4 is 15.5 Å². The Balaban J connectivity index is 1.67. The number of hydrogen-bond acceptors (Lipinski definition) is 7. The van der Waals surface area contributed by atoms with Crippen molar-refractivity contribution in [2.24, 2.45) is 21.3 Å². The predicted molar refractivity (Wildman–Crippen MR) is 129 cm³/mol. The van der Waals surface area contributed by atoms with Crippen LogP contribution in [0.2, 0.25) is 0 Å². The number of amides is 1. The highest BCUT2D eigenvalue weighted by atomic mass is 16.6. The van der Waals surface area contributed by atoms with Crippen LogP contribution in [0, 0.1) is 33.3 Å². The zero-order valence-electron chi connectivity index (χ0n) is 19.9. The molecule has 0 aliphatic heterocycles. The number of fused-ring (bicyclic) bond motifs is 2. The monoisotopic (exact) mass is 464 g/mol. The molecule has 0 saturated heterocycles. The van der Waals surface area contributed by atoms with Crippen molar-refractivity contribution in [1.82, 2.24) is 0 Å². The number of carbonyl (C=O) groups is 2. The van der Waals surface area contributed by atoms with Gasteiger partial charge < -0.3 is 10.1 Å². The lowest BCUT2D eigenvalue weighted by atomic mass is 9.64. The molecule has 2 aromatic carbocycles. The Morgan fingerprint density at radius 1 is 1.12 bits per heavy atom. The molecule has 2 unspecified atom stereocenters. The van der Waals surface area contributed by atoms with Gasteiger partial charge in [0.1, 0.15) is 16.9 Å². The fourth-order valence-corrected chi connectivity index (χ4v) is 5.40. The average Bonchev–Trinajstić information content (AvgIpc) is 3.07. The fraction of sp³-hybridized carbons (Fsp3) is 0.400. The average molecular weight is 465 g/mol. The maximum Gasteiger partial charge on any atom is 0.269 e. The molecule has 2 saturated carbocycles. The summed E-state index contributed by atoms with van der Waals surface area (Å²) in [5.74, 6) is -0.145. The van der Waals surface area contributed by atoms with Gasteiger partial charge in [0, 0.05) is 17.5 Å². The highest BCUT2D eigenvalue weighted by Crippen LogP contribution is 2.69. The second-order valence-electron chi connectivity index (χ2n) is 9.73. The molecule has 0 radical (unpaired) electrons. The molecule has 1 amide bonds. The van der Waals surface area contributed by atoms with Crippen molar-refractivity contribution in [2.45, 2.75) is 40.5 Å². The molecule has 178 valence electrons. The Morgan fingerprint density at radius 3 is 2.41 bits per heavy atom. The number of Topliss-reactive ketones (excluding diaryl/α,β-unsaturated/α-hetero) is 1. The number of aryl methyl sites for hydroxylation is 1. The van der Waals surface area contributed by atoms with Gasteiger partial charge in [0.05, 0.1) is 23.4 Å². The van der Waals surface area contributed by atoms with Gasteiger partial charge in [0.2, 0.25) is 5.91 Å². The van der Waals surface area contributed by atoms with Gasteiger partial charge in [-0.1, -0.05) is 26.8 Å². The third-order valence-corrected chi connectivity index (χ3v) is 7.94. The summed E-state index contributed by atoms with van der Waals surface area (Å²) < 4.78 is 5.40. The van der Waals surface area contributed by atoms with Gasteiger partial charge in [-0.15, -0.1) is 0 Å². The van der Waals surface area contributed by atoms with E-state index >= 15 is 0 Å². The number of anilines is 2. The van der Waals surface area contributed by atoms with Crippen LogP contribution in [-0.2, 0) is 9.59 Å². The summed E-state index contributed by atoms with van der Waals surface area (Å²) in [6.07, 6.45) is 1.05. The van der Waals surface area contributed by atoms with Crippen molar-refractivity contribution in [1.29, 1.82) is 0 Å². The lowest BCUT2D eigenvalue weighted by Crippen LogP contribution is -2.47. The van der Waals surface area contributed by atoms with Gasteiger partial charge in [-0.25, -0.2) is 0 Å². The van der Waals surface area contributed by atoms with Gasteiger partial charge in [0.25, 0.3) is 5.69 Å². The minimum atomic E-state index is -1.27. The third-order valence-electron chi connectivity index (χ3n) is 7.94. The van der Waals surface area contributed by atoms with Crippen molar-refractivity contribution >= 4 is 34.5 Å². The second-order valence-corrected chi connectivity index (χ2v) is 9.73. The third kappa shape index (κ3) is 3.18. The number of nitro benzene ring substituents is 1. The molecule has 2 aliphatic rings. The van der Waals surface area contributed by atoms with Crippen molar-refractivity contribution in [2.75, 3.05) is 17.9 Å². The lowest BCUT2D eigenvalue weighted by molar-refractivity contribution is -0.384. The number of non-ortho nitro benzene ring substituents is 1. The van der Waals surface area contributed by atoms with E-state index in [4.69, 9.17) is 4.74 Å². The number of nitro groups is 1. The van der Waals surface area contributed by atoms with E-state index in [9.17, 15) is 19.7 Å². The van der Waals surface area contributed by atoms with E-state index in [-0.39, 0.29) is 17.4 Å². The van der Waals surface area contributed by atoms with Crippen molar-refractivity contribution < 1.29 is 19.2 Å². The minimum Gasteiger partial charge on any atom is -0.495 e. The lowest BCUT2D eigenvalue weighted by Gasteiger charge is -2.37. The van der Waals surface area contributed by atoms with Crippen LogP contribution in [0.4, 0.5) is 17.1 Å². The zero-order chi connectivity index (χ0) is 24.9. The summed E-state index contributed by atoms with van der Waals surface area (Å²) in [5, 5.41) is 18.3. The van der Waals surface area contributed by atoms with E-state index in [2.05, 4.69) is 15.8 Å². The second kappa shape index (κ2) is 7.93. The summed E-state index contributed by atoms with van der Waals surface area (Å²) >= 11 is 0. The van der Waals surface area contributed by atoms with Crippen LogP contribution in [0.15, 0.2) is 47.6 Å². The quantitative estimate of drug-likeness (QED) is 0.362. The molecule has 0 aromatic heterocycles. The maximum atomic E-state index is 13.8. The van der Waals surface area contributed by atoms with Gasteiger partial charge in [-0.2, -0.15) is 5.10 Å². The topological polar surface area (TPSA) is 123 Å². The van der Waals surface area contributed by atoms with E-state index in [1.165, 1.54) is 31.4 Å². The molecule has 9 nitrogen and oxygen atoms in total. The molecule has 2 bridgehead atoms. The number of ether oxygens (including phenoxy) is 1.